The zero-order valence-electron chi connectivity index (χ0n) is 16.6. The molecule has 0 heterocycles. The molecule has 0 saturated heterocycles. The molecule has 0 aliphatic rings. The highest BCUT2D eigenvalue weighted by Crippen LogP contribution is 2.05. The van der Waals surface area contributed by atoms with Gasteiger partial charge in [-0.2, -0.15) is 0 Å². The fourth-order valence-corrected chi connectivity index (χ4v) is 2.65. The molecule has 144 valence electrons. The molecule has 1 aromatic carbocycles. The maximum absolute atomic E-state index is 4.71. The second kappa shape index (κ2) is 14.4. The van der Waals surface area contributed by atoms with E-state index in [4.69, 9.17) is 4.99 Å². The average molecular weight is 460 g/mol. The quantitative estimate of drug-likeness (QED) is 0.313. The normalized spacial score (nSPS) is 12.6. The van der Waals surface area contributed by atoms with Gasteiger partial charge in [-0.1, -0.05) is 43.7 Å². The van der Waals surface area contributed by atoms with Crippen LogP contribution in [-0.2, 0) is 6.54 Å². The van der Waals surface area contributed by atoms with Crippen LogP contribution in [0.2, 0.25) is 0 Å². The molecule has 2 N–H and O–H groups in total. The number of nitrogens with one attached hydrogen (secondary N) is 2. The lowest BCUT2D eigenvalue weighted by atomic mass is 10.1. The maximum atomic E-state index is 4.71. The summed E-state index contributed by atoms with van der Waals surface area (Å²) in [7, 11) is 0. The van der Waals surface area contributed by atoms with Crippen LogP contribution in [0.4, 0.5) is 0 Å². The number of guanidine groups is 1. The predicted octanol–water partition coefficient (Wildman–Crippen LogP) is 4.18. The van der Waals surface area contributed by atoms with Crippen molar-refractivity contribution in [3.63, 3.8) is 0 Å². The molecule has 4 nitrogen and oxygen atoms in total. The van der Waals surface area contributed by atoms with Crippen molar-refractivity contribution >= 4 is 29.9 Å². The van der Waals surface area contributed by atoms with E-state index in [1.54, 1.807) is 0 Å². The van der Waals surface area contributed by atoms with Gasteiger partial charge >= 0.3 is 0 Å². The largest absolute Gasteiger partial charge is 0.357 e. The molecule has 1 unspecified atom stereocenters. The lowest BCUT2D eigenvalue weighted by Gasteiger charge is -2.21. The zero-order chi connectivity index (χ0) is 17.8. The third-order valence-corrected chi connectivity index (χ3v) is 4.27. The van der Waals surface area contributed by atoms with Gasteiger partial charge in [0.05, 0.1) is 6.54 Å². The van der Waals surface area contributed by atoms with Crippen molar-refractivity contribution in [3.8, 4) is 0 Å². The van der Waals surface area contributed by atoms with Crippen molar-refractivity contribution in [2.75, 3.05) is 26.2 Å². The van der Waals surface area contributed by atoms with Crippen LogP contribution >= 0.6 is 24.0 Å². The van der Waals surface area contributed by atoms with E-state index in [-0.39, 0.29) is 24.0 Å². The number of aliphatic imine (C=N–C) groups is 1. The highest BCUT2D eigenvalue weighted by Gasteiger charge is 2.06. The van der Waals surface area contributed by atoms with Crippen molar-refractivity contribution in [2.45, 2.75) is 60.0 Å². The van der Waals surface area contributed by atoms with E-state index < -0.39 is 0 Å². The minimum atomic E-state index is 0. The number of benzene rings is 1. The Morgan fingerprint density at radius 3 is 2.32 bits per heavy atom. The van der Waals surface area contributed by atoms with E-state index in [1.807, 2.05) is 0 Å². The molecule has 1 aromatic rings. The van der Waals surface area contributed by atoms with E-state index in [0.717, 1.165) is 32.0 Å². The summed E-state index contributed by atoms with van der Waals surface area (Å²) >= 11 is 0. The van der Waals surface area contributed by atoms with Gasteiger partial charge in [-0.15, -0.1) is 24.0 Å². The minimum Gasteiger partial charge on any atom is -0.357 e. The Bertz CT molecular complexity index is 469. The zero-order valence-corrected chi connectivity index (χ0v) is 19.0. The van der Waals surface area contributed by atoms with Crippen LogP contribution in [0.5, 0.6) is 0 Å². The molecule has 25 heavy (non-hydrogen) atoms. The van der Waals surface area contributed by atoms with Crippen molar-refractivity contribution in [3.05, 3.63) is 35.4 Å². The summed E-state index contributed by atoms with van der Waals surface area (Å²) in [5, 5.41) is 6.87. The van der Waals surface area contributed by atoms with E-state index in [1.165, 1.54) is 24.1 Å². The van der Waals surface area contributed by atoms with Crippen LogP contribution in [0.15, 0.2) is 29.3 Å². The first-order chi connectivity index (χ1) is 11.6. The predicted molar refractivity (Wildman–Crippen MR) is 121 cm³/mol. The van der Waals surface area contributed by atoms with Gasteiger partial charge in [0.2, 0.25) is 0 Å². The molecule has 0 bridgehead atoms. The molecule has 1 atom stereocenters. The first kappa shape index (κ1) is 24.2. The molecule has 0 fully saturated rings. The molecule has 5 heteroatoms. The van der Waals surface area contributed by atoms with Crippen molar-refractivity contribution in [2.24, 2.45) is 4.99 Å². The highest BCUT2D eigenvalue weighted by atomic mass is 127. The van der Waals surface area contributed by atoms with Crippen LogP contribution in [-0.4, -0.2) is 43.1 Å². The van der Waals surface area contributed by atoms with E-state index in [2.05, 4.69) is 74.4 Å². The minimum absolute atomic E-state index is 0. The second-order valence-electron chi connectivity index (χ2n) is 6.40. The van der Waals surface area contributed by atoms with Gasteiger partial charge in [-0.05, 0) is 58.8 Å². The number of halogens is 1. The van der Waals surface area contributed by atoms with Gasteiger partial charge in [-0.25, -0.2) is 4.99 Å². The molecule has 0 saturated carbocycles. The Labute approximate surface area is 171 Å². The summed E-state index contributed by atoms with van der Waals surface area (Å²) in [6, 6.07) is 9.00. The van der Waals surface area contributed by atoms with Gasteiger partial charge in [0.1, 0.15) is 0 Å². The van der Waals surface area contributed by atoms with Gasteiger partial charge in [0.25, 0.3) is 0 Å². The van der Waals surface area contributed by atoms with Crippen LogP contribution in [0.25, 0.3) is 0 Å². The summed E-state index contributed by atoms with van der Waals surface area (Å²) in [5.74, 6) is 0.911. The summed E-state index contributed by atoms with van der Waals surface area (Å²) in [6.45, 7) is 16.0. The van der Waals surface area contributed by atoms with Crippen molar-refractivity contribution in [1.29, 1.82) is 0 Å². The van der Waals surface area contributed by atoms with E-state index in [9.17, 15) is 0 Å². The average Bonchev–Trinajstić information content (AvgIpc) is 2.58. The maximum Gasteiger partial charge on any atom is 0.191 e. The monoisotopic (exact) mass is 460 g/mol. The Balaban J connectivity index is 0.00000576. The Morgan fingerprint density at radius 2 is 1.76 bits per heavy atom. The van der Waals surface area contributed by atoms with Gasteiger partial charge in [-0.3, -0.25) is 0 Å². The summed E-state index contributed by atoms with van der Waals surface area (Å²) in [5.41, 5.74) is 2.53. The fourth-order valence-electron chi connectivity index (χ4n) is 2.65. The Hall–Kier alpha value is -0.820. The third kappa shape index (κ3) is 10.7. The standard InChI is InChI=1S/C20H36N4.HI/c1-6-21-20(22-16-19-13-11-17(4)12-14-19)23-18(5)10-9-15-24(7-2)8-3;/h11-14,18H,6-10,15-16H2,1-5H3,(H2,21,22,23);1H. The first-order valence-electron chi connectivity index (χ1n) is 9.41. The molecule has 0 aliphatic carbocycles. The summed E-state index contributed by atoms with van der Waals surface area (Å²) in [6.07, 6.45) is 2.37. The molecule has 0 amide bonds. The molecule has 0 aromatic heterocycles. The lowest BCUT2D eigenvalue weighted by Crippen LogP contribution is -2.42. The molecule has 1 rings (SSSR count). The summed E-state index contributed by atoms with van der Waals surface area (Å²) in [4.78, 5) is 7.19. The lowest BCUT2D eigenvalue weighted by molar-refractivity contribution is 0.292. The SMILES string of the molecule is CCNC(=NCc1ccc(C)cc1)NC(C)CCCN(CC)CC.I. The Kier molecular flexibility index (Phi) is 13.9. The molecule has 0 radical (unpaired) electrons. The number of hydrogen-bond acceptors (Lipinski definition) is 2. The first-order valence-corrected chi connectivity index (χ1v) is 9.41. The highest BCUT2D eigenvalue weighted by molar-refractivity contribution is 14.0. The van der Waals surface area contributed by atoms with Gasteiger partial charge < -0.3 is 15.5 Å². The van der Waals surface area contributed by atoms with E-state index >= 15 is 0 Å². The molecular weight excluding hydrogens is 423 g/mol. The van der Waals surface area contributed by atoms with Crippen LogP contribution in [0.3, 0.4) is 0 Å². The second-order valence-corrected chi connectivity index (χ2v) is 6.40. The number of nitrogens with zero attached hydrogens (tertiary/aromatic N) is 2. The fraction of sp³-hybridized carbons (Fsp3) is 0.650. The number of hydrogen-bond donors (Lipinski definition) is 2. The van der Waals surface area contributed by atoms with Crippen LogP contribution < -0.4 is 10.6 Å². The number of aryl methyl sites for hydroxylation is 1. The topological polar surface area (TPSA) is 39.7 Å². The van der Waals surface area contributed by atoms with Crippen molar-refractivity contribution in [1.82, 2.24) is 15.5 Å². The van der Waals surface area contributed by atoms with Gasteiger partial charge in [0, 0.05) is 12.6 Å². The van der Waals surface area contributed by atoms with Crippen LogP contribution in [0.1, 0.15) is 51.7 Å². The summed E-state index contributed by atoms with van der Waals surface area (Å²) < 4.78 is 0. The smallest absolute Gasteiger partial charge is 0.191 e. The van der Waals surface area contributed by atoms with Gasteiger partial charge in [0.15, 0.2) is 5.96 Å². The van der Waals surface area contributed by atoms with Crippen LogP contribution in [0, 0.1) is 6.92 Å². The molecule has 0 spiro atoms. The third-order valence-electron chi connectivity index (χ3n) is 4.27. The van der Waals surface area contributed by atoms with E-state index in [0.29, 0.717) is 12.6 Å². The number of rotatable bonds is 10. The molecule has 0 aliphatic heterocycles. The molecular formula is C20H37IN4. The van der Waals surface area contributed by atoms with Crippen molar-refractivity contribution < 1.29 is 0 Å². The Morgan fingerprint density at radius 1 is 1.12 bits per heavy atom.